The summed E-state index contributed by atoms with van der Waals surface area (Å²) in [5, 5.41) is 13.4. The Bertz CT molecular complexity index is 303. The van der Waals surface area contributed by atoms with Crippen LogP contribution in [0.5, 0.6) is 0 Å². The summed E-state index contributed by atoms with van der Waals surface area (Å²) >= 11 is 0. The van der Waals surface area contributed by atoms with Gasteiger partial charge in [0.15, 0.2) is 0 Å². The van der Waals surface area contributed by atoms with Gasteiger partial charge in [-0.1, -0.05) is 0 Å². The molecule has 14 heavy (non-hydrogen) atoms. The van der Waals surface area contributed by atoms with Crippen molar-refractivity contribution in [1.29, 1.82) is 0 Å². The molecule has 1 heterocycles. The lowest BCUT2D eigenvalue weighted by molar-refractivity contribution is 0.102. The summed E-state index contributed by atoms with van der Waals surface area (Å²) in [6.07, 6.45) is 2.93. The second-order valence-electron chi connectivity index (χ2n) is 4.16. The predicted octanol–water partition coefficient (Wildman–Crippen LogP) is 1.30. The Morgan fingerprint density at radius 2 is 2.43 bits per heavy atom. The Hall–Kier alpha value is -0.900. The maximum atomic E-state index is 13.0. The zero-order valence-corrected chi connectivity index (χ0v) is 8.23. The van der Waals surface area contributed by atoms with Crippen LogP contribution in [0, 0.1) is 12.8 Å². The van der Waals surface area contributed by atoms with Gasteiger partial charge in [0.05, 0.1) is 12.3 Å². The smallest absolute Gasteiger partial charge is 0.126 e. The summed E-state index contributed by atoms with van der Waals surface area (Å²) in [4.78, 5) is 0. The third-order valence-corrected chi connectivity index (χ3v) is 2.76. The van der Waals surface area contributed by atoms with Crippen LogP contribution >= 0.6 is 0 Å². The molecule has 0 bridgehead atoms. The molecule has 1 aliphatic rings. The first kappa shape index (κ1) is 9.65. The van der Waals surface area contributed by atoms with Crippen LogP contribution in [0.15, 0.2) is 12.4 Å². The van der Waals surface area contributed by atoms with Crippen LogP contribution in [0.25, 0.3) is 0 Å². The molecule has 1 aromatic rings. The normalized spacial score (nSPS) is 32.4. The summed E-state index contributed by atoms with van der Waals surface area (Å²) in [7, 11) is 0. The number of aromatic nitrogens is 2. The molecule has 0 saturated heterocycles. The Morgan fingerprint density at radius 3 is 2.93 bits per heavy atom. The van der Waals surface area contributed by atoms with Gasteiger partial charge in [-0.25, -0.2) is 4.39 Å². The lowest BCUT2D eigenvalue weighted by Crippen LogP contribution is -2.12. The third kappa shape index (κ3) is 1.95. The van der Waals surface area contributed by atoms with Gasteiger partial charge in [-0.3, -0.25) is 4.68 Å². The van der Waals surface area contributed by atoms with Gasteiger partial charge >= 0.3 is 0 Å². The standard InChI is InChI=1S/C10H15FN2O/c1-7-4-12-13(5-7)6-8-2-9(11)10(14)3-8/h4-5,8-10,14H,2-3,6H2,1H3/t8?,9-,10-/m0/s1. The van der Waals surface area contributed by atoms with E-state index in [0.717, 1.165) is 5.56 Å². The van der Waals surface area contributed by atoms with Crippen LogP contribution in [-0.4, -0.2) is 27.2 Å². The highest BCUT2D eigenvalue weighted by Gasteiger charge is 2.32. The van der Waals surface area contributed by atoms with E-state index < -0.39 is 12.3 Å². The van der Waals surface area contributed by atoms with Crippen molar-refractivity contribution in [2.45, 2.75) is 38.6 Å². The lowest BCUT2D eigenvalue weighted by Gasteiger charge is -2.07. The first-order valence-corrected chi connectivity index (χ1v) is 4.96. The molecule has 1 fully saturated rings. The van der Waals surface area contributed by atoms with E-state index in [1.54, 1.807) is 6.20 Å². The Balaban J connectivity index is 1.93. The molecular formula is C10H15FN2O. The lowest BCUT2D eigenvalue weighted by atomic mass is 10.1. The molecule has 1 unspecified atom stereocenters. The molecule has 4 heteroatoms. The second kappa shape index (κ2) is 3.69. The average molecular weight is 198 g/mol. The van der Waals surface area contributed by atoms with Crippen molar-refractivity contribution in [3.63, 3.8) is 0 Å². The van der Waals surface area contributed by atoms with E-state index in [9.17, 15) is 9.50 Å². The minimum absolute atomic E-state index is 0.222. The maximum absolute atomic E-state index is 13.0. The van der Waals surface area contributed by atoms with E-state index >= 15 is 0 Å². The van der Waals surface area contributed by atoms with Gasteiger partial charge in [0.2, 0.25) is 0 Å². The zero-order valence-electron chi connectivity index (χ0n) is 8.23. The predicted molar refractivity (Wildman–Crippen MR) is 50.6 cm³/mol. The molecule has 1 N–H and O–H groups in total. The van der Waals surface area contributed by atoms with Crippen molar-refractivity contribution >= 4 is 0 Å². The van der Waals surface area contributed by atoms with Gasteiger partial charge < -0.3 is 5.11 Å². The Kier molecular flexibility index (Phi) is 2.54. The van der Waals surface area contributed by atoms with E-state index in [0.29, 0.717) is 19.4 Å². The molecule has 3 atom stereocenters. The van der Waals surface area contributed by atoms with E-state index in [1.165, 1.54) is 0 Å². The molecule has 0 radical (unpaired) electrons. The monoisotopic (exact) mass is 198 g/mol. The number of aliphatic hydroxyl groups is 1. The number of hydrogen-bond acceptors (Lipinski definition) is 2. The van der Waals surface area contributed by atoms with Crippen LogP contribution in [-0.2, 0) is 6.54 Å². The Labute approximate surface area is 82.5 Å². The summed E-state index contributed by atoms with van der Waals surface area (Å²) in [6.45, 7) is 2.69. The topological polar surface area (TPSA) is 38.0 Å². The van der Waals surface area contributed by atoms with Crippen molar-refractivity contribution in [2.24, 2.45) is 5.92 Å². The SMILES string of the molecule is Cc1cnn(CC2C[C@H](O)[C@@H](F)C2)c1. The molecule has 3 nitrogen and oxygen atoms in total. The number of halogens is 1. The largest absolute Gasteiger partial charge is 0.390 e. The van der Waals surface area contributed by atoms with Crippen molar-refractivity contribution in [2.75, 3.05) is 0 Å². The summed E-state index contributed by atoms with van der Waals surface area (Å²) in [5.41, 5.74) is 1.11. The molecule has 0 aromatic carbocycles. The number of alkyl halides is 1. The highest BCUT2D eigenvalue weighted by molar-refractivity contribution is 4.99. The highest BCUT2D eigenvalue weighted by atomic mass is 19.1. The van der Waals surface area contributed by atoms with E-state index in [-0.39, 0.29) is 5.92 Å². The first-order chi connectivity index (χ1) is 6.65. The molecular weight excluding hydrogens is 183 g/mol. The fourth-order valence-corrected chi connectivity index (χ4v) is 2.04. The van der Waals surface area contributed by atoms with Gasteiger partial charge in [0.25, 0.3) is 0 Å². The van der Waals surface area contributed by atoms with Gasteiger partial charge in [-0.15, -0.1) is 0 Å². The van der Waals surface area contributed by atoms with Crippen LogP contribution in [0.1, 0.15) is 18.4 Å². The number of nitrogens with zero attached hydrogens (tertiary/aromatic N) is 2. The number of hydrogen-bond donors (Lipinski definition) is 1. The summed E-state index contributed by atoms with van der Waals surface area (Å²) in [6, 6.07) is 0. The van der Waals surface area contributed by atoms with Gasteiger partial charge in [-0.05, 0) is 31.2 Å². The Morgan fingerprint density at radius 1 is 1.64 bits per heavy atom. The molecule has 0 spiro atoms. The zero-order chi connectivity index (χ0) is 10.1. The molecule has 1 saturated carbocycles. The average Bonchev–Trinajstić information content (AvgIpc) is 2.62. The first-order valence-electron chi connectivity index (χ1n) is 4.96. The van der Waals surface area contributed by atoms with Crippen LogP contribution in [0.4, 0.5) is 4.39 Å². The van der Waals surface area contributed by atoms with Crippen LogP contribution < -0.4 is 0 Å². The van der Waals surface area contributed by atoms with Crippen molar-refractivity contribution in [3.8, 4) is 0 Å². The summed E-state index contributed by atoms with van der Waals surface area (Å²) < 4.78 is 14.8. The maximum Gasteiger partial charge on any atom is 0.126 e. The molecule has 2 rings (SSSR count). The fourth-order valence-electron chi connectivity index (χ4n) is 2.04. The van der Waals surface area contributed by atoms with Crippen LogP contribution in [0.3, 0.4) is 0 Å². The van der Waals surface area contributed by atoms with Crippen molar-refractivity contribution < 1.29 is 9.50 Å². The van der Waals surface area contributed by atoms with Crippen molar-refractivity contribution in [3.05, 3.63) is 18.0 Å². The highest BCUT2D eigenvalue weighted by Crippen LogP contribution is 2.29. The quantitative estimate of drug-likeness (QED) is 0.777. The minimum Gasteiger partial charge on any atom is -0.390 e. The molecule has 78 valence electrons. The molecule has 1 aromatic heterocycles. The number of aliphatic hydroxyl groups excluding tert-OH is 1. The van der Waals surface area contributed by atoms with E-state index in [1.807, 2.05) is 17.8 Å². The number of aryl methyl sites for hydroxylation is 1. The van der Waals surface area contributed by atoms with E-state index in [4.69, 9.17) is 0 Å². The molecule has 0 amide bonds. The third-order valence-electron chi connectivity index (χ3n) is 2.76. The summed E-state index contributed by atoms with van der Waals surface area (Å²) in [5.74, 6) is 0.222. The molecule has 1 aliphatic carbocycles. The van der Waals surface area contributed by atoms with Crippen LogP contribution in [0.2, 0.25) is 0 Å². The second-order valence-corrected chi connectivity index (χ2v) is 4.16. The van der Waals surface area contributed by atoms with E-state index in [2.05, 4.69) is 5.10 Å². The molecule has 0 aliphatic heterocycles. The number of rotatable bonds is 2. The van der Waals surface area contributed by atoms with Gasteiger partial charge in [0, 0.05) is 12.7 Å². The van der Waals surface area contributed by atoms with Crippen molar-refractivity contribution in [1.82, 2.24) is 9.78 Å². The van der Waals surface area contributed by atoms with Gasteiger partial charge in [0.1, 0.15) is 6.17 Å². The van der Waals surface area contributed by atoms with Gasteiger partial charge in [-0.2, -0.15) is 5.10 Å². The minimum atomic E-state index is -1.04. The fraction of sp³-hybridized carbons (Fsp3) is 0.700.